The van der Waals surface area contributed by atoms with E-state index < -0.39 is 11.8 Å². The van der Waals surface area contributed by atoms with E-state index in [4.69, 9.17) is 4.74 Å². The molecule has 1 aliphatic rings. The monoisotopic (exact) mass is 397 g/mol. The molecule has 1 heterocycles. The third-order valence-corrected chi connectivity index (χ3v) is 4.41. The third kappa shape index (κ3) is 5.44. The molecule has 0 bridgehead atoms. The number of carbonyl (C=O) groups excluding carboxylic acids is 2. The highest BCUT2D eigenvalue weighted by Crippen LogP contribution is 2.21. The van der Waals surface area contributed by atoms with Gasteiger partial charge in [0.15, 0.2) is 6.61 Å². The molecule has 0 aromatic heterocycles. The number of nitrogens with zero attached hydrogens (tertiary/aromatic N) is 1. The number of halogens is 2. The molecule has 1 aromatic rings. The number of rotatable bonds is 4. The van der Waals surface area contributed by atoms with Crippen LogP contribution in [0.1, 0.15) is 25.8 Å². The van der Waals surface area contributed by atoms with Gasteiger partial charge in [0.25, 0.3) is 5.91 Å². The van der Waals surface area contributed by atoms with Gasteiger partial charge >= 0.3 is 5.97 Å². The Kier molecular flexibility index (Phi) is 6.54. The molecule has 1 saturated heterocycles. The first kappa shape index (κ1) is 18.6. The second-order valence-corrected chi connectivity index (χ2v) is 7.27. The molecule has 0 spiro atoms. The number of hydrogen-bond donors (Lipinski definition) is 0. The molecule has 1 aromatic carbocycles. The lowest BCUT2D eigenvalue weighted by Gasteiger charge is -2.34. The summed E-state index contributed by atoms with van der Waals surface area (Å²) in [6.45, 7) is 5.32. The molecule has 0 radical (unpaired) electrons. The molecule has 0 saturated carbocycles. The SMILES string of the molecule is C[C@@H]1C[C@@H](C)CN(C(=O)COC(=O)/C=C/c2cc(Br)ccc2F)C1. The van der Waals surface area contributed by atoms with Gasteiger partial charge in [-0.25, -0.2) is 9.18 Å². The van der Waals surface area contributed by atoms with Gasteiger partial charge in [-0.05, 0) is 42.5 Å². The topological polar surface area (TPSA) is 46.6 Å². The molecule has 130 valence electrons. The summed E-state index contributed by atoms with van der Waals surface area (Å²) in [6.07, 6.45) is 3.56. The maximum atomic E-state index is 13.6. The number of esters is 1. The lowest BCUT2D eigenvalue weighted by molar-refractivity contribution is -0.149. The smallest absolute Gasteiger partial charge is 0.331 e. The van der Waals surface area contributed by atoms with Crippen molar-refractivity contribution >= 4 is 33.9 Å². The first-order chi connectivity index (χ1) is 11.3. The van der Waals surface area contributed by atoms with Crippen LogP contribution in [-0.2, 0) is 14.3 Å². The lowest BCUT2D eigenvalue weighted by Crippen LogP contribution is -2.44. The highest BCUT2D eigenvalue weighted by atomic mass is 79.9. The Morgan fingerprint density at radius 1 is 1.33 bits per heavy atom. The van der Waals surface area contributed by atoms with Crippen molar-refractivity contribution in [2.45, 2.75) is 20.3 Å². The number of hydrogen-bond acceptors (Lipinski definition) is 3. The molecular weight excluding hydrogens is 377 g/mol. The summed E-state index contributed by atoms with van der Waals surface area (Å²) < 4.78 is 19.2. The fourth-order valence-corrected chi connectivity index (χ4v) is 3.32. The first-order valence-electron chi connectivity index (χ1n) is 7.93. The van der Waals surface area contributed by atoms with Crippen LogP contribution in [0.25, 0.3) is 6.08 Å². The molecular formula is C18H21BrFNO3. The minimum Gasteiger partial charge on any atom is -0.452 e. The predicted octanol–water partition coefficient (Wildman–Crippen LogP) is 3.65. The van der Waals surface area contributed by atoms with Gasteiger partial charge in [-0.2, -0.15) is 0 Å². The Labute approximate surface area is 149 Å². The van der Waals surface area contributed by atoms with Crippen LogP contribution in [-0.4, -0.2) is 36.5 Å². The quantitative estimate of drug-likeness (QED) is 0.575. The van der Waals surface area contributed by atoms with Gasteiger partial charge in [0, 0.05) is 29.2 Å². The van der Waals surface area contributed by atoms with Gasteiger partial charge in [0.05, 0.1) is 0 Å². The number of amides is 1. The molecule has 0 unspecified atom stereocenters. The molecule has 2 rings (SSSR count). The van der Waals surface area contributed by atoms with Crippen LogP contribution < -0.4 is 0 Å². The molecule has 4 nitrogen and oxygen atoms in total. The normalized spacial score (nSPS) is 21.1. The minimum absolute atomic E-state index is 0.191. The molecule has 24 heavy (non-hydrogen) atoms. The van der Waals surface area contributed by atoms with Gasteiger partial charge in [0.1, 0.15) is 5.82 Å². The molecule has 1 fully saturated rings. The Morgan fingerprint density at radius 2 is 2.00 bits per heavy atom. The summed E-state index contributed by atoms with van der Waals surface area (Å²) in [5.41, 5.74) is 0.270. The summed E-state index contributed by atoms with van der Waals surface area (Å²) in [6, 6.07) is 4.43. The second-order valence-electron chi connectivity index (χ2n) is 6.35. The zero-order chi connectivity index (χ0) is 17.7. The Bertz CT molecular complexity index is 637. The average Bonchev–Trinajstić information content (AvgIpc) is 2.52. The zero-order valence-electron chi connectivity index (χ0n) is 13.8. The van der Waals surface area contributed by atoms with Crippen molar-refractivity contribution in [1.82, 2.24) is 4.90 Å². The molecule has 2 atom stereocenters. The van der Waals surface area contributed by atoms with Crippen molar-refractivity contribution in [3.8, 4) is 0 Å². The number of likely N-dealkylation sites (tertiary alicyclic amines) is 1. The highest BCUT2D eigenvalue weighted by molar-refractivity contribution is 9.10. The van der Waals surface area contributed by atoms with Gasteiger partial charge < -0.3 is 9.64 Å². The summed E-state index contributed by atoms with van der Waals surface area (Å²) in [5, 5.41) is 0. The Morgan fingerprint density at radius 3 is 2.67 bits per heavy atom. The number of ether oxygens (including phenoxy) is 1. The maximum Gasteiger partial charge on any atom is 0.331 e. The van der Waals surface area contributed by atoms with E-state index >= 15 is 0 Å². The number of carbonyl (C=O) groups is 2. The van der Waals surface area contributed by atoms with Crippen LogP contribution in [0.4, 0.5) is 4.39 Å². The van der Waals surface area contributed by atoms with Gasteiger partial charge in [-0.1, -0.05) is 29.8 Å². The fraction of sp³-hybridized carbons (Fsp3) is 0.444. The Balaban J connectivity index is 1.85. The Hall–Kier alpha value is -1.69. The van der Waals surface area contributed by atoms with Gasteiger partial charge in [-0.3, -0.25) is 4.79 Å². The maximum absolute atomic E-state index is 13.6. The largest absolute Gasteiger partial charge is 0.452 e. The van der Waals surface area contributed by atoms with E-state index in [-0.39, 0.29) is 18.1 Å². The summed E-state index contributed by atoms with van der Waals surface area (Å²) >= 11 is 3.24. The molecule has 6 heteroatoms. The summed E-state index contributed by atoms with van der Waals surface area (Å²) in [7, 11) is 0. The number of benzene rings is 1. The van der Waals surface area contributed by atoms with E-state index in [9.17, 15) is 14.0 Å². The molecule has 0 N–H and O–H groups in total. The lowest BCUT2D eigenvalue weighted by atomic mass is 9.92. The molecule has 1 aliphatic heterocycles. The first-order valence-corrected chi connectivity index (χ1v) is 8.72. The zero-order valence-corrected chi connectivity index (χ0v) is 15.4. The van der Waals surface area contributed by atoms with Crippen molar-refractivity contribution in [2.75, 3.05) is 19.7 Å². The molecule has 1 amide bonds. The van der Waals surface area contributed by atoms with Crippen molar-refractivity contribution in [1.29, 1.82) is 0 Å². The van der Waals surface area contributed by atoms with Crippen LogP contribution in [0.2, 0.25) is 0 Å². The second kappa shape index (κ2) is 8.42. The van der Waals surface area contributed by atoms with Crippen molar-refractivity contribution < 1.29 is 18.7 Å². The summed E-state index contributed by atoms with van der Waals surface area (Å²) in [5.74, 6) is -0.389. The number of piperidine rings is 1. The molecule has 0 aliphatic carbocycles. The van der Waals surface area contributed by atoms with E-state index in [1.54, 1.807) is 17.0 Å². The van der Waals surface area contributed by atoms with E-state index in [1.165, 1.54) is 12.1 Å². The minimum atomic E-state index is -0.666. The van der Waals surface area contributed by atoms with Crippen LogP contribution in [0.5, 0.6) is 0 Å². The van der Waals surface area contributed by atoms with Crippen molar-refractivity contribution in [2.24, 2.45) is 11.8 Å². The highest BCUT2D eigenvalue weighted by Gasteiger charge is 2.25. The van der Waals surface area contributed by atoms with E-state index in [0.717, 1.165) is 12.5 Å². The third-order valence-electron chi connectivity index (χ3n) is 3.92. The predicted molar refractivity (Wildman–Crippen MR) is 93.6 cm³/mol. The van der Waals surface area contributed by atoms with Gasteiger partial charge in [-0.15, -0.1) is 0 Å². The van der Waals surface area contributed by atoms with Gasteiger partial charge in [0.2, 0.25) is 0 Å². The average molecular weight is 398 g/mol. The van der Waals surface area contributed by atoms with E-state index in [1.807, 2.05) is 0 Å². The summed E-state index contributed by atoms with van der Waals surface area (Å²) in [4.78, 5) is 25.6. The van der Waals surface area contributed by atoms with Crippen molar-refractivity contribution in [3.05, 3.63) is 40.1 Å². The van der Waals surface area contributed by atoms with Crippen molar-refractivity contribution in [3.63, 3.8) is 0 Å². The van der Waals surface area contributed by atoms with Crippen LogP contribution in [0.15, 0.2) is 28.7 Å². The van der Waals surface area contributed by atoms with E-state index in [2.05, 4.69) is 29.8 Å². The fourth-order valence-electron chi connectivity index (χ4n) is 2.94. The van der Waals surface area contributed by atoms with E-state index in [0.29, 0.717) is 29.4 Å². The standard InChI is InChI=1S/C18H21BrFNO3/c1-12-7-13(2)10-21(9-12)17(22)11-24-18(23)6-3-14-8-15(19)4-5-16(14)20/h3-6,8,12-13H,7,9-11H2,1-2H3/b6-3+/t12-,13-/m1/s1. The van der Waals surface area contributed by atoms with Crippen LogP contribution in [0, 0.1) is 17.7 Å². The van der Waals surface area contributed by atoms with Crippen LogP contribution in [0.3, 0.4) is 0 Å². The van der Waals surface area contributed by atoms with Crippen LogP contribution >= 0.6 is 15.9 Å².